The summed E-state index contributed by atoms with van der Waals surface area (Å²) in [4.78, 5) is 28.9. The third kappa shape index (κ3) is 3.00. The number of halogens is 2. The molecule has 1 amide bonds. The molecule has 0 aliphatic carbocycles. The van der Waals surface area contributed by atoms with Crippen LogP contribution in [0.3, 0.4) is 0 Å². The van der Waals surface area contributed by atoms with E-state index >= 15 is 0 Å². The molecule has 1 unspecified atom stereocenters. The van der Waals surface area contributed by atoms with Gasteiger partial charge in [0.15, 0.2) is 0 Å². The van der Waals surface area contributed by atoms with Crippen molar-refractivity contribution in [3.05, 3.63) is 28.8 Å². The summed E-state index contributed by atoms with van der Waals surface area (Å²) in [5.41, 5.74) is -0.952. The molecule has 2 heterocycles. The Kier molecular flexibility index (Phi) is 4.46. The summed E-state index contributed by atoms with van der Waals surface area (Å²) in [6.45, 7) is 2.34. The lowest BCUT2D eigenvalue weighted by Gasteiger charge is -2.24. The molecule has 1 N–H and O–H groups in total. The minimum absolute atomic E-state index is 0.0330. The monoisotopic (exact) mass is 314 g/mol. The molecule has 0 bridgehead atoms. The van der Waals surface area contributed by atoms with Crippen LogP contribution in [0.4, 0.5) is 4.39 Å². The van der Waals surface area contributed by atoms with Crippen molar-refractivity contribution >= 4 is 23.5 Å². The van der Waals surface area contributed by atoms with Crippen molar-refractivity contribution in [1.29, 1.82) is 0 Å². The number of likely N-dealkylation sites (tertiary alicyclic amines) is 1. The summed E-state index contributed by atoms with van der Waals surface area (Å²) in [5.74, 6) is -2.03. The molecule has 1 saturated heterocycles. The highest BCUT2D eigenvalue weighted by atomic mass is 35.5. The smallest absolute Gasteiger partial charge is 0.311 e. The molecule has 7 heteroatoms. The number of carboxylic acid groups (broad SMARTS) is 1. The number of pyridine rings is 1. The molecule has 0 saturated carbocycles. The fraction of sp³-hybridized carbons (Fsp3) is 0.500. The van der Waals surface area contributed by atoms with Gasteiger partial charge in [0.1, 0.15) is 11.0 Å². The summed E-state index contributed by atoms with van der Waals surface area (Å²) in [7, 11) is 0. The minimum Gasteiger partial charge on any atom is -0.481 e. The maximum absolute atomic E-state index is 13.2. The molecule has 0 spiro atoms. The lowest BCUT2D eigenvalue weighted by Crippen LogP contribution is -2.37. The van der Waals surface area contributed by atoms with Crippen LogP contribution in [-0.4, -0.2) is 40.0 Å². The highest BCUT2D eigenvalue weighted by molar-refractivity contribution is 6.32. The lowest BCUT2D eigenvalue weighted by molar-refractivity contribution is -0.148. The zero-order valence-electron chi connectivity index (χ0n) is 11.6. The Bertz CT molecular complexity index is 581. The number of nitrogens with zero attached hydrogens (tertiary/aromatic N) is 2. The van der Waals surface area contributed by atoms with Crippen LogP contribution in [0.1, 0.15) is 36.5 Å². The van der Waals surface area contributed by atoms with E-state index < -0.39 is 23.1 Å². The van der Waals surface area contributed by atoms with Crippen molar-refractivity contribution in [2.24, 2.45) is 5.41 Å². The van der Waals surface area contributed by atoms with Crippen LogP contribution in [-0.2, 0) is 4.79 Å². The second-order valence-electron chi connectivity index (χ2n) is 5.30. The van der Waals surface area contributed by atoms with E-state index in [9.17, 15) is 19.1 Å². The molecular formula is C14H16ClFN2O3. The van der Waals surface area contributed by atoms with Crippen LogP contribution >= 0.6 is 11.6 Å². The van der Waals surface area contributed by atoms with Gasteiger partial charge >= 0.3 is 5.97 Å². The Morgan fingerprint density at radius 2 is 2.29 bits per heavy atom. The van der Waals surface area contributed by atoms with Crippen LogP contribution in [0.25, 0.3) is 0 Å². The normalized spacial score (nSPS) is 21.6. The van der Waals surface area contributed by atoms with E-state index in [0.717, 1.165) is 18.7 Å². The number of aliphatic carboxylic acids is 1. The van der Waals surface area contributed by atoms with E-state index in [0.29, 0.717) is 19.4 Å². The van der Waals surface area contributed by atoms with Crippen molar-refractivity contribution in [3.8, 4) is 0 Å². The zero-order valence-corrected chi connectivity index (χ0v) is 12.4. The number of aromatic nitrogens is 1. The van der Waals surface area contributed by atoms with Gasteiger partial charge in [0.05, 0.1) is 17.2 Å². The van der Waals surface area contributed by atoms with E-state index in [4.69, 9.17) is 11.6 Å². The van der Waals surface area contributed by atoms with Crippen molar-refractivity contribution in [3.63, 3.8) is 0 Å². The SMILES string of the molecule is CCCC1(C(=O)O)CCN(C(=O)c2cc(F)cnc2Cl)C1. The molecule has 2 rings (SSSR count). The van der Waals surface area contributed by atoms with Crippen LogP contribution in [0, 0.1) is 11.2 Å². The van der Waals surface area contributed by atoms with Gasteiger partial charge in [0.2, 0.25) is 0 Å². The van der Waals surface area contributed by atoms with Crippen molar-refractivity contribution in [2.75, 3.05) is 13.1 Å². The molecule has 1 aromatic rings. The Balaban J connectivity index is 2.22. The van der Waals surface area contributed by atoms with Gasteiger partial charge in [-0.3, -0.25) is 9.59 Å². The van der Waals surface area contributed by atoms with Gasteiger partial charge in [-0.15, -0.1) is 0 Å². The molecule has 1 aliphatic heterocycles. The van der Waals surface area contributed by atoms with Gasteiger partial charge in [-0.2, -0.15) is 0 Å². The molecule has 5 nitrogen and oxygen atoms in total. The van der Waals surface area contributed by atoms with E-state index in [1.165, 1.54) is 4.90 Å². The number of carboxylic acids is 1. The summed E-state index contributed by atoms with van der Waals surface area (Å²) >= 11 is 5.82. The minimum atomic E-state index is -0.919. The Hall–Kier alpha value is -1.69. The Labute approximate surface area is 126 Å². The van der Waals surface area contributed by atoms with Gasteiger partial charge in [-0.1, -0.05) is 24.9 Å². The summed E-state index contributed by atoms with van der Waals surface area (Å²) < 4.78 is 13.2. The topological polar surface area (TPSA) is 70.5 Å². The highest BCUT2D eigenvalue weighted by Crippen LogP contribution is 2.36. The average molecular weight is 315 g/mol. The largest absolute Gasteiger partial charge is 0.481 e. The standard InChI is InChI=1S/C14H16ClFN2O3/c1-2-3-14(13(20)21)4-5-18(8-14)12(19)10-6-9(16)7-17-11(10)15/h6-7H,2-5,8H2,1H3,(H,20,21). The van der Waals surface area contributed by atoms with E-state index in [-0.39, 0.29) is 17.3 Å². The molecule has 1 atom stereocenters. The molecule has 0 aromatic carbocycles. The van der Waals surface area contributed by atoms with Crippen LogP contribution in [0.2, 0.25) is 5.15 Å². The number of carbonyl (C=O) groups is 2. The third-order valence-corrected chi connectivity index (χ3v) is 4.16. The van der Waals surface area contributed by atoms with E-state index in [2.05, 4.69) is 4.98 Å². The number of carbonyl (C=O) groups excluding carboxylic acids is 1. The molecule has 1 aliphatic rings. The van der Waals surface area contributed by atoms with Crippen molar-refractivity contribution < 1.29 is 19.1 Å². The van der Waals surface area contributed by atoms with Gasteiger partial charge in [0, 0.05) is 13.1 Å². The number of amides is 1. The van der Waals surface area contributed by atoms with Gasteiger partial charge in [0.25, 0.3) is 5.91 Å². The Morgan fingerprint density at radius 1 is 1.57 bits per heavy atom. The first-order chi connectivity index (χ1) is 9.89. The zero-order chi connectivity index (χ0) is 15.6. The molecule has 114 valence electrons. The maximum Gasteiger partial charge on any atom is 0.311 e. The van der Waals surface area contributed by atoms with E-state index in [1.807, 2.05) is 6.92 Å². The summed E-state index contributed by atoms with van der Waals surface area (Å²) in [6, 6.07) is 1.03. The molecule has 0 radical (unpaired) electrons. The molecule has 1 aromatic heterocycles. The van der Waals surface area contributed by atoms with Crippen molar-refractivity contribution in [2.45, 2.75) is 26.2 Å². The summed E-state index contributed by atoms with van der Waals surface area (Å²) in [6.07, 6.45) is 2.54. The second-order valence-corrected chi connectivity index (χ2v) is 5.66. The Morgan fingerprint density at radius 3 is 2.90 bits per heavy atom. The molecular weight excluding hydrogens is 299 g/mol. The first kappa shape index (κ1) is 15.7. The van der Waals surface area contributed by atoms with Crippen LogP contribution in [0.5, 0.6) is 0 Å². The van der Waals surface area contributed by atoms with Gasteiger partial charge < -0.3 is 10.0 Å². The van der Waals surface area contributed by atoms with Crippen molar-refractivity contribution in [1.82, 2.24) is 9.88 Å². The fourth-order valence-electron chi connectivity index (χ4n) is 2.75. The summed E-state index contributed by atoms with van der Waals surface area (Å²) in [5, 5.41) is 9.35. The van der Waals surface area contributed by atoms with Gasteiger partial charge in [-0.05, 0) is 18.9 Å². The number of hydrogen-bond donors (Lipinski definition) is 1. The van der Waals surface area contributed by atoms with E-state index in [1.54, 1.807) is 0 Å². The predicted octanol–water partition coefficient (Wildman–Crippen LogP) is 2.59. The van der Waals surface area contributed by atoms with Crippen LogP contribution < -0.4 is 0 Å². The first-order valence-electron chi connectivity index (χ1n) is 6.73. The number of hydrogen-bond acceptors (Lipinski definition) is 3. The predicted molar refractivity (Wildman–Crippen MR) is 74.7 cm³/mol. The fourth-order valence-corrected chi connectivity index (χ4v) is 2.94. The average Bonchev–Trinajstić information content (AvgIpc) is 2.87. The highest BCUT2D eigenvalue weighted by Gasteiger charge is 2.45. The number of rotatable bonds is 4. The van der Waals surface area contributed by atoms with Crippen LogP contribution in [0.15, 0.2) is 12.3 Å². The van der Waals surface area contributed by atoms with Gasteiger partial charge in [-0.25, -0.2) is 9.37 Å². The maximum atomic E-state index is 13.2. The first-order valence-corrected chi connectivity index (χ1v) is 7.11. The molecule has 21 heavy (non-hydrogen) atoms. The second kappa shape index (κ2) is 5.97. The third-order valence-electron chi connectivity index (χ3n) is 3.86. The lowest BCUT2D eigenvalue weighted by atomic mass is 9.83. The quantitative estimate of drug-likeness (QED) is 0.867. The molecule has 1 fully saturated rings.